The monoisotopic (exact) mass is 324 g/mol. The molecule has 0 radical (unpaired) electrons. The van der Waals surface area contributed by atoms with E-state index in [1.807, 2.05) is 0 Å². The number of nitrogens with one attached hydrogen (secondary N) is 1. The summed E-state index contributed by atoms with van der Waals surface area (Å²) >= 11 is 0. The van der Waals surface area contributed by atoms with Crippen LogP contribution in [0, 0.1) is 6.92 Å². The van der Waals surface area contributed by atoms with Gasteiger partial charge in [-0.3, -0.25) is 0 Å². The molecule has 2 heterocycles. The van der Waals surface area contributed by atoms with E-state index in [2.05, 4.69) is 57.4 Å². The molecule has 1 saturated carbocycles. The third kappa shape index (κ3) is 3.08. The first-order valence-corrected chi connectivity index (χ1v) is 8.72. The second-order valence-electron chi connectivity index (χ2n) is 6.81. The summed E-state index contributed by atoms with van der Waals surface area (Å²) in [6, 6.07) is 10.8. The number of hydrogen-bond acceptors (Lipinski definition) is 5. The van der Waals surface area contributed by atoms with Crippen LogP contribution in [0.25, 0.3) is 0 Å². The predicted octanol–water partition coefficient (Wildman–Crippen LogP) is 2.77. The molecule has 1 aromatic carbocycles. The lowest BCUT2D eigenvalue weighted by atomic mass is 9.92. The van der Waals surface area contributed by atoms with Gasteiger partial charge in [0.1, 0.15) is 18.0 Å². The van der Waals surface area contributed by atoms with Crippen molar-refractivity contribution in [1.82, 2.24) is 9.97 Å². The van der Waals surface area contributed by atoms with Gasteiger partial charge in [0.05, 0.1) is 13.2 Å². The number of morpholine rings is 1. The van der Waals surface area contributed by atoms with E-state index in [1.54, 1.807) is 6.33 Å². The Kier molecular flexibility index (Phi) is 4.10. The minimum Gasteiger partial charge on any atom is -0.378 e. The molecular formula is C19H24N4O. The van der Waals surface area contributed by atoms with Crippen LogP contribution in [-0.4, -0.2) is 42.8 Å². The Hall–Kier alpha value is -2.14. The fraction of sp³-hybridized carbons (Fsp3) is 0.474. The van der Waals surface area contributed by atoms with Crippen LogP contribution in [0.1, 0.15) is 24.0 Å². The van der Waals surface area contributed by atoms with Crippen molar-refractivity contribution < 1.29 is 4.74 Å². The molecular weight excluding hydrogens is 300 g/mol. The van der Waals surface area contributed by atoms with E-state index in [4.69, 9.17) is 4.74 Å². The molecule has 1 saturated heterocycles. The Balaban J connectivity index is 1.45. The summed E-state index contributed by atoms with van der Waals surface area (Å²) in [6.45, 7) is 6.45. The van der Waals surface area contributed by atoms with E-state index in [0.717, 1.165) is 44.5 Å². The summed E-state index contributed by atoms with van der Waals surface area (Å²) in [6.07, 6.45) is 4.14. The number of hydrogen-bond donors (Lipinski definition) is 1. The van der Waals surface area contributed by atoms with E-state index in [1.165, 1.54) is 24.0 Å². The maximum Gasteiger partial charge on any atom is 0.134 e. The Morgan fingerprint density at radius 1 is 1.17 bits per heavy atom. The lowest BCUT2D eigenvalue weighted by molar-refractivity contribution is 0.122. The Morgan fingerprint density at radius 2 is 1.96 bits per heavy atom. The molecule has 5 heteroatoms. The van der Waals surface area contributed by atoms with Crippen LogP contribution in [0.4, 0.5) is 11.6 Å². The van der Waals surface area contributed by atoms with E-state index in [9.17, 15) is 0 Å². The van der Waals surface area contributed by atoms with Gasteiger partial charge in [0.25, 0.3) is 0 Å². The first-order chi connectivity index (χ1) is 11.8. The van der Waals surface area contributed by atoms with Crippen LogP contribution in [0.15, 0.2) is 36.7 Å². The number of ether oxygens (including phenoxy) is 1. The maximum atomic E-state index is 5.41. The fourth-order valence-electron chi connectivity index (χ4n) is 3.53. The molecule has 4 rings (SSSR count). The molecule has 24 heavy (non-hydrogen) atoms. The van der Waals surface area contributed by atoms with Crippen molar-refractivity contribution in [2.24, 2.45) is 0 Å². The highest BCUT2D eigenvalue weighted by Crippen LogP contribution is 2.49. The van der Waals surface area contributed by atoms with Gasteiger partial charge in [-0.15, -0.1) is 0 Å². The molecule has 0 amide bonds. The number of rotatable bonds is 5. The van der Waals surface area contributed by atoms with Gasteiger partial charge in [-0.2, -0.15) is 0 Å². The molecule has 0 spiro atoms. The second kappa shape index (κ2) is 6.40. The average molecular weight is 324 g/mol. The number of nitrogens with zero attached hydrogens (tertiary/aromatic N) is 3. The van der Waals surface area contributed by atoms with Gasteiger partial charge in [-0.05, 0) is 30.9 Å². The van der Waals surface area contributed by atoms with Crippen molar-refractivity contribution in [3.05, 3.63) is 47.8 Å². The van der Waals surface area contributed by atoms with Gasteiger partial charge in [0, 0.05) is 31.1 Å². The minimum absolute atomic E-state index is 0.273. The number of anilines is 2. The highest BCUT2D eigenvalue weighted by atomic mass is 16.5. The summed E-state index contributed by atoms with van der Waals surface area (Å²) in [5.74, 6) is 1.89. The quantitative estimate of drug-likeness (QED) is 0.916. The van der Waals surface area contributed by atoms with Crippen molar-refractivity contribution in [2.45, 2.75) is 25.2 Å². The van der Waals surface area contributed by atoms with Gasteiger partial charge >= 0.3 is 0 Å². The molecule has 126 valence electrons. The Bertz CT molecular complexity index is 708. The molecule has 0 unspecified atom stereocenters. The summed E-state index contributed by atoms with van der Waals surface area (Å²) < 4.78 is 5.41. The van der Waals surface area contributed by atoms with Gasteiger partial charge in [0.15, 0.2) is 0 Å². The van der Waals surface area contributed by atoms with Crippen LogP contribution in [0.3, 0.4) is 0 Å². The highest BCUT2D eigenvalue weighted by Gasteiger charge is 2.44. The molecule has 0 bridgehead atoms. The molecule has 1 aliphatic carbocycles. The number of aromatic nitrogens is 2. The van der Waals surface area contributed by atoms with E-state index >= 15 is 0 Å². The lowest BCUT2D eigenvalue weighted by Gasteiger charge is -2.28. The first-order valence-electron chi connectivity index (χ1n) is 8.72. The van der Waals surface area contributed by atoms with Crippen LogP contribution >= 0.6 is 0 Å². The van der Waals surface area contributed by atoms with E-state index in [0.29, 0.717) is 0 Å². The third-order valence-corrected chi connectivity index (χ3v) is 5.17. The van der Waals surface area contributed by atoms with E-state index < -0.39 is 0 Å². The van der Waals surface area contributed by atoms with Gasteiger partial charge in [-0.25, -0.2) is 9.97 Å². The lowest BCUT2D eigenvalue weighted by Crippen LogP contribution is -2.36. The Labute approximate surface area is 143 Å². The van der Waals surface area contributed by atoms with Crippen LogP contribution in [0.5, 0.6) is 0 Å². The molecule has 2 aliphatic rings. The fourth-order valence-corrected chi connectivity index (χ4v) is 3.53. The SMILES string of the molecule is Cc1ccccc1C1(CNc2cc(N3CCOCC3)ncn2)CC1. The van der Waals surface area contributed by atoms with Crippen LogP contribution in [-0.2, 0) is 10.2 Å². The van der Waals surface area contributed by atoms with Crippen molar-refractivity contribution in [1.29, 1.82) is 0 Å². The van der Waals surface area contributed by atoms with Crippen molar-refractivity contribution in [3.63, 3.8) is 0 Å². The van der Waals surface area contributed by atoms with Gasteiger partial charge in [0.2, 0.25) is 0 Å². The van der Waals surface area contributed by atoms with Crippen LogP contribution < -0.4 is 10.2 Å². The third-order valence-electron chi connectivity index (χ3n) is 5.17. The van der Waals surface area contributed by atoms with E-state index in [-0.39, 0.29) is 5.41 Å². The largest absolute Gasteiger partial charge is 0.378 e. The van der Waals surface area contributed by atoms with Crippen molar-refractivity contribution >= 4 is 11.6 Å². The number of benzene rings is 1. The van der Waals surface area contributed by atoms with Gasteiger partial charge in [-0.1, -0.05) is 24.3 Å². The summed E-state index contributed by atoms with van der Waals surface area (Å²) in [5, 5.41) is 3.54. The zero-order chi connectivity index (χ0) is 16.4. The van der Waals surface area contributed by atoms with Crippen LogP contribution in [0.2, 0.25) is 0 Å². The smallest absolute Gasteiger partial charge is 0.134 e. The molecule has 2 fully saturated rings. The molecule has 0 atom stereocenters. The molecule has 1 N–H and O–H groups in total. The topological polar surface area (TPSA) is 50.3 Å². The second-order valence-corrected chi connectivity index (χ2v) is 6.81. The average Bonchev–Trinajstić information content (AvgIpc) is 3.42. The standard InChI is InChI=1S/C19H24N4O/c1-15-4-2-3-5-16(15)19(6-7-19)13-20-17-12-18(22-14-21-17)23-8-10-24-11-9-23/h2-5,12,14H,6-11,13H2,1H3,(H,20,21,22). The highest BCUT2D eigenvalue weighted by molar-refractivity contribution is 5.50. The summed E-state index contributed by atoms with van der Waals surface area (Å²) in [5.41, 5.74) is 3.13. The van der Waals surface area contributed by atoms with Gasteiger partial charge < -0.3 is 15.0 Å². The summed E-state index contributed by atoms with van der Waals surface area (Å²) in [7, 11) is 0. The maximum absolute atomic E-state index is 5.41. The zero-order valence-corrected chi connectivity index (χ0v) is 14.2. The normalized spacial score (nSPS) is 19.1. The molecule has 5 nitrogen and oxygen atoms in total. The summed E-state index contributed by atoms with van der Waals surface area (Å²) in [4.78, 5) is 11.1. The number of aryl methyl sites for hydroxylation is 1. The molecule has 2 aromatic rings. The van der Waals surface area contributed by atoms with Crippen molar-refractivity contribution in [3.8, 4) is 0 Å². The Morgan fingerprint density at radius 3 is 2.71 bits per heavy atom. The minimum atomic E-state index is 0.273. The molecule has 1 aliphatic heterocycles. The molecule has 1 aromatic heterocycles. The zero-order valence-electron chi connectivity index (χ0n) is 14.2. The van der Waals surface area contributed by atoms with Crippen molar-refractivity contribution in [2.75, 3.05) is 43.1 Å². The first kappa shape index (κ1) is 15.4. The predicted molar refractivity (Wildman–Crippen MR) is 95.6 cm³/mol.